The number of rotatable bonds is 3. The number of hydrogen-bond acceptors (Lipinski definition) is 2. The third-order valence-corrected chi connectivity index (χ3v) is 4.85. The van der Waals surface area contributed by atoms with Gasteiger partial charge in [0.25, 0.3) is 0 Å². The zero-order valence-electron chi connectivity index (χ0n) is 10.3. The van der Waals surface area contributed by atoms with Gasteiger partial charge >= 0.3 is 0 Å². The Balaban J connectivity index is 0.00000108. The lowest BCUT2D eigenvalue weighted by atomic mass is 9.89. The number of amides is 1. The standard InChI is InChI=1S/C13H22N2O.ClH/c16-13(11-3-4-14-7-11)15-8-12-6-9-1-2-10(12)5-9;/h9-12,14H,1-8H2,(H,15,16);1H. The predicted molar refractivity (Wildman–Crippen MR) is 70.2 cm³/mol. The van der Waals surface area contributed by atoms with Gasteiger partial charge in [-0.1, -0.05) is 6.42 Å². The van der Waals surface area contributed by atoms with Crippen LogP contribution in [0.2, 0.25) is 0 Å². The predicted octanol–water partition coefficient (Wildman–Crippen LogP) is 1.57. The summed E-state index contributed by atoms with van der Waals surface area (Å²) in [5.41, 5.74) is 0. The van der Waals surface area contributed by atoms with Crippen LogP contribution >= 0.6 is 12.4 Å². The van der Waals surface area contributed by atoms with Crippen molar-refractivity contribution in [1.82, 2.24) is 10.6 Å². The molecule has 0 aromatic carbocycles. The Morgan fingerprint density at radius 2 is 2.12 bits per heavy atom. The van der Waals surface area contributed by atoms with E-state index in [1.807, 2.05) is 0 Å². The summed E-state index contributed by atoms with van der Waals surface area (Å²) in [4.78, 5) is 11.9. The van der Waals surface area contributed by atoms with Crippen LogP contribution in [0.3, 0.4) is 0 Å². The Kier molecular flexibility index (Phi) is 4.31. The zero-order chi connectivity index (χ0) is 11.0. The second-order valence-corrected chi connectivity index (χ2v) is 5.87. The largest absolute Gasteiger partial charge is 0.356 e. The third kappa shape index (κ3) is 2.76. The van der Waals surface area contributed by atoms with E-state index in [9.17, 15) is 4.79 Å². The highest BCUT2D eigenvalue weighted by Gasteiger charge is 2.39. The van der Waals surface area contributed by atoms with E-state index in [1.54, 1.807) is 0 Å². The van der Waals surface area contributed by atoms with Gasteiger partial charge in [-0.25, -0.2) is 0 Å². The molecular formula is C13H23ClN2O. The van der Waals surface area contributed by atoms with E-state index in [0.29, 0.717) is 0 Å². The van der Waals surface area contributed by atoms with Gasteiger partial charge in [0.15, 0.2) is 0 Å². The van der Waals surface area contributed by atoms with Crippen molar-refractivity contribution in [2.75, 3.05) is 19.6 Å². The highest BCUT2D eigenvalue weighted by molar-refractivity contribution is 5.85. The van der Waals surface area contributed by atoms with Crippen LogP contribution in [0.25, 0.3) is 0 Å². The molecule has 4 atom stereocenters. The second kappa shape index (κ2) is 5.57. The molecule has 0 spiro atoms. The maximum Gasteiger partial charge on any atom is 0.224 e. The normalized spacial score (nSPS) is 39.1. The molecule has 1 heterocycles. The molecule has 0 radical (unpaired) electrons. The van der Waals surface area contributed by atoms with Crippen molar-refractivity contribution in [3.05, 3.63) is 0 Å². The van der Waals surface area contributed by atoms with E-state index in [-0.39, 0.29) is 24.2 Å². The van der Waals surface area contributed by atoms with Crippen molar-refractivity contribution in [2.24, 2.45) is 23.7 Å². The first kappa shape index (κ1) is 13.2. The van der Waals surface area contributed by atoms with E-state index in [2.05, 4.69) is 10.6 Å². The molecule has 3 nitrogen and oxygen atoms in total. The van der Waals surface area contributed by atoms with E-state index >= 15 is 0 Å². The first-order chi connectivity index (χ1) is 7.83. The van der Waals surface area contributed by atoms with Crippen LogP contribution in [-0.2, 0) is 4.79 Å². The number of carbonyl (C=O) groups excluding carboxylic acids is 1. The van der Waals surface area contributed by atoms with Gasteiger partial charge in [0.05, 0.1) is 5.92 Å². The smallest absolute Gasteiger partial charge is 0.224 e. The van der Waals surface area contributed by atoms with Crippen LogP contribution < -0.4 is 10.6 Å². The molecule has 3 aliphatic rings. The molecule has 1 saturated heterocycles. The quantitative estimate of drug-likeness (QED) is 0.807. The van der Waals surface area contributed by atoms with Crippen molar-refractivity contribution >= 4 is 18.3 Å². The lowest BCUT2D eigenvalue weighted by molar-refractivity contribution is -0.124. The SMILES string of the molecule is Cl.O=C(NCC1CC2CCC1C2)C1CCNC1. The molecule has 0 aromatic heterocycles. The number of carbonyl (C=O) groups is 1. The van der Waals surface area contributed by atoms with Crippen LogP contribution in [0.15, 0.2) is 0 Å². The van der Waals surface area contributed by atoms with Gasteiger partial charge in [0.2, 0.25) is 5.91 Å². The van der Waals surface area contributed by atoms with Gasteiger partial charge in [-0.3, -0.25) is 4.79 Å². The minimum absolute atomic E-state index is 0. The maximum absolute atomic E-state index is 11.9. The molecule has 17 heavy (non-hydrogen) atoms. The lowest BCUT2D eigenvalue weighted by Gasteiger charge is -2.22. The molecular weight excluding hydrogens is 236 g/mol. The van der Waals surface area contributed by atoms with Crippen LogP contribution in [-0.4, -0.2) is 25.5 Å². The maximum atomic E-state index is 11.9. The van der Waals surface area contributed by atoms with E-state index < -0.39 is 0 Å². The van der Waals surface area contributed by atoms with E-state index in [4.69, 9.17) is 0 Å². The molecule has 1 aliphatic heterocycles. The number of hydrogen-bond donors (Lipinski definition) is 2. The van der Waals surface area contributed by atoms with Gasteiger partial charge in [-0.2, -0.15) is 0 Å². The topological polar surface area (TPSA) is 41.1 Å². The van der Waals surface area contributed by atoms with Crippen molar-refractivity contribution in [3.8, 4) is 0 Å². The van der Waals surface area contributed by atoms with Gasteiger partial charge in [0.1, 0.15) is 0 Å². The Bertz CT molecular complexity index is 279. The summed E-state index contributed by atoms with van der Waals surface area (Å²) in [6, 6.07) is 0. The number of nitrogens with one attached hydrogen (secondary N) is 2. The van der Waals surface area contributed by atoms with Crippen molar-refractivity contribution in [1.29, 1.82) is 0 Å². The molecule has 3 fully saturated rings. The molecule has 4 heteroatoms. The first-order valence-electron chi connectivity index (χ1n) is 6.81. The number of fused-ring (bicyclic) bond motifs is 2. The van der Waals surface area contributed by atoms with Crippen molar-refractivity contribution in [2.45, 2.75) is 32.1 Å². The number of halogens is 1. The molecule has 2 bridgehead atoms. The fraction of sp³-hybridized carbons (Fsp3) is 0.923. The summed E-state index contributed by atoms with van der Waals surface area (Å²) in [5.74, 6) is 3.22. The van der Waals surface area contributed by atoms with Gasteiger partial charge in [-0.15, -0.1) is 12.4 Å². The average Bonchev–Trinajstić information content (AvgIpc) is 3.01. The van der Waals surface area contributed by atoms with Crippen LogP contribution in [0.4, 0.5) is 0 Å². The molecule has 3 rings (SSSR count). The van der Waals surface area contributed by atoms with Crippen LogP contribution in [0, 0.1) is 23.7 Å². The Hall–Kier alpha value is -0.280. The zero-order valence-corrected chi connectivity index (χ0v) is 11.1. The molecule has 2 saturated carbocycles. The third-order valence-electron chi connectivity index (χ3n) is 4.85. The summed E-state index contributed by atoms with van der Waals surface area (Å²) in [7, 11) is 0. The summed E-state index contributed by atoms with van der Waals surface area (Å²) in [6.07, 6.45) is 6.68. The average molecular weight is 259 g/mol. The Labute approximate surface area is 110 Å². The minimum atomic E-state index is 0. The highest BCUT2D eigenvalue weighted by Crippen LogP contribution is 2.47. The Morgan fingerprint density at radius 1 is 1.24 bits per heavy atom. The van der Waals surface area contributed by atoms with Gasteiger partial charge < -0.3 is 10.6 Å². The summed E-state index contributed by atoms with van der Waals surface area (Å²) >= 11 is 0. The monoisotopic (exact) mass is 258 g/mol. The molecule has 0 aromatic rings. The van der Waals surface area contributed by atoms with Gasteiger partial charge in [-0.05, 0) is 50.0 Å². The Morgan fingerprint density at radius 3 is 2.71 bits per heavy atom. The molecule has 4 unspecified atom stereocenters. The lowest BCUT2D eigenvalue weighted by Crippen LogP contribution is -2.36. The minimum Gasteiger partial charge on any atom is -0.356 e. The van der Waals surface area contributed by atoms with Gasteiger partial charge in [0, 0.05) is 13.1 Å². The molecule has 98 valence electrons. The van der Waals surface area contributed by atoms with Crippen molar-refractivity contribution < 1.29 is 4.79 Å². The molecule has 2 N–H and O–H groups in total. The summed E-state index contributed by atoms with van der Waals surface area (Å²) in [5, 5.41) is 6.42. The van der Waals surface area contributed by atoms with Crippen molar-refractivity contribution in [3.63, 3.8) is 0 Å². The second-order valence-electron chi connectivity index (χ2n) is 5.87. The summed E-state index contributed by atoms with van der Waals surface area (Å²) in [6.45, 7) is 2.82. The van der Waals surface area contributed by atoms with Crippen LogP contribution in [0.1, 0.15) is 32.1 Å². The van der Waals surface area contributed by atoms with Crippen LogP contribution in [0.5, 0.6) is 0 Å². The highest BCUT2D eigenvalue weighted by atomic mass is 35.5. The first-order valence-corrected chi connectivity index (χ1v) is 6.81. The fourth-order valence-electron chi connectivity index (χ4n) is 3.88. The molecule has 2 aliphatic carbocycles. The fourth-order valence-corrected chi connectivity index (χ4v) is 3.88. The molecule has 1 amide bonds. The van der Waals surface area contributed by atoms with E-state index in [1.165, 1.54) is 25.7 Å². The van der Waals surface area contributed by atoms with E-state index in [0.717, 1.165) is 43.8 Å². The summed E-state index contributed by atoms with van der Waals surface area (Å²) < 4.78 is 0.